The molecule has 7 heteroatoms. The van der Waals surface area contributed by atoms with Crippen LogP contribution in [0.5, 0.6) is 0 Å². The van der Waals surface area contributed by atoms with Gasteiger partial charge in [-0.1, -0.05) is 6.07 Å². The SMILES string of the molecule is Cc1ccc(Br)c(S(=O)(=O)N2CCC[C@@H]2C(=O)O)c1. The molecule has 0 saturated carbocycles. The molecular formula is C12H14BrNO4S. The van der Waals surface area contributed by atoms with Crippen molar-refractivity contribution in [3.63, 3.8) is 0 Å². The third-order valence-electron chi connectivity index (χ3n) is 3.16. The molecule has 0 amide bonds. The summed E-state index contributed by atoms with van der Waals surface area (Å²) in [6, 6.07) is 4.05. The zero-order valence-corrected chi connectivity index (χ0v) is 12.7. The highest BCUT2D eigenvalue weighted by Gasteiger charge is 2.40. The second kappa shape index (κ2) is 5.22. The molecule has 1 heterocycles. The summed E-state index contributed by atoms with van der Waals surface area (Å²) in [5.41, 5.74) is 0.813. The fourth-order valence-electron chi connectivity index (χ4n) is 2.21. The van der Waals surface area contributed by atoms with E-state index in [0.29, 0.717) is 17.3 Å². The molecule has 1 fully saturated rings. The number of carboxylic acid groups (broad SMARTS) is 1. The highest BCUT2D eigenvalue weighted by atomic mass is 79.9. The van der Waals surface area contributed by atoms with Gasteiger partial charge < -0.3 is 5.11 Å². The van der Waals surface area contributed by atoms with E-state index in [2.05, 4.69) is 15.9 Å². The van der Waals surface area contributed by atoms with Gasteiger partial charge in [-0.2, -0.15) is 4.31 Å². The van der Waals surface area contributed by atoms with Gasteiger partial charge in [0.25, 0.3) is 0 Å². The van der Waals surface area contributed by atoms with Gasteiger partial charge in [-0.15, -0.1) is 0 Å². The molecule has 1 aliphatic rings. The van der Waals surface area contributed by atoms with Crippen LogP contribution in [0.1, 0.15) is 18.4 Å². The molecule has 104 valence electrons. The Morgan fingerprint density at radius 2 is 2.16 bits per heavy atom. The number of hydrogen-bond acceptors (Lipinski definition) is 3. The van der Waals surface area contributed by atoms with Crippen molar-refractivity contribution in [2.75, 3.05) is 6.54 Å². The third-order valence-corrected chi connectivity index (χ3v) is 6.06. The molecule has 2 rings (SSSR count). The van der Waals surface area contributed by atoms with Crippen molar-refractivity contribution in [2.45, 2.75) is 30.7 Å². The molecular weight excluding hydrogens is 334 g/mol. The number of carbonyl (C=O) groups is 1. The minimum atomic E-state index is -3.78. The Hall–Kier alpha value is -0.920. The van der Waals surface area contributed by atoms with Crippen LogP contribution < -0.4 is 0 Å². The van der Waals surface area contributed by atoms with Gasteiger partial charge in [-0.05, 0) is 53.4 Å². The monoisotopic (exact) mass is 347 g/mol. The van der Waals surface area contributed by atoms with Crippen LogP contribution in [0.25, 0.3) is 0 Å². The fraction of sp³-hybridized carbons (Fsp3) is 0.417. The minimum absolute atomic E-state index is 0.126. The highest BCUT2D eigenvalue weighted by Crippen LogP contribution is 2.31. The number of rotatable bonds is 3. The van der Waals surface area contributed by atoms with Crippen molar-refractivity contribution in [1.82, 2.24) is 4.31 Å². The molecule has 19 heavy (non-hydrogen) atoms. The Kier molecular flexibility index (Phi) is 3.98. The first-order chi connectivity index (χ1) is 8.84. The lowest BCUT2D eigenvalue weighted by Gasteiger charge is -2.21. The summed E-state index contributed by atoms with van der Waals surface area (Å²) in [5.74, 6) is -1.09. The van der Waals surface area contributed by atoms with Crippen molar-refractivity contribution >= 4 is 31.9 Å². The number of nitrogens with zero attached hydrogens (tertiary/aromatic N) is 1. The number of halogens is 1. The van der Waals surface area contributed by atoms with Gasteiger partial charge in [-0.3, -0.25) is 4.79 Å². The van der Waals surface area contributed by atoms with Crippen LogP contribution in [0.15, 0.2) is 27.6 Å². The predicted octanol–water partition coefficient (Wildman–Crippen LogP) is 2.00. The zero-order chi connectivity index (χ0) is 14.2. The summed E-state index contributed by atoms with van der Waals surface area (Å²) in [6.07, 6.45) is 0.928. The van der Waals surface area contributed by atoms with E-state index >= 15 is 0 Å². The van der Waals surface area contributed by atoms with Crippen molar-refractivity contribution in [2.24, 2.45) is 0 Å². The zero-order valence-electron chi connectivity index (χ0n) is 10.3. The van der Waals surface area contributed by atoms with Crippen LogP contribution in [-0.4, -0.2) is 36.4 Å². The first-order valence-electron chi connectivity index (χ1n) is 5.85. The Morgan fingerprint density at radius 1 is 1.47 bits per heavy atom. The summed E-state index contributed by atoms with van der Waals surface area (Å²) in [6.45, 7) is 2.05. The van der Waals surface area contributed by atoms with E-state index in [0.717, 1.165) is 9.87 Å². The molecule has 0 spiro atoms. The molecule has 1 aliphatic heterocycles. The first kappa shape index (κ1) is 14.5. The summed E-state index contributed by atoms with van der Waals surface area (Å²) in [4.78, 5) is 11.2. The normalized spacial score (nSPS) is 20.6. The Balaban J connectivity index is 2.48. The average Bonchev–Trinajstić information content (AvgIpc) is 2.82. The van der Waals surface area contributed by atoms with Gasteiger partial charge in [0.2, 0.25) is 10.0 Å². The van der Waals surface area contributed by atoms with Gasteiger partial charge in [0, 0.05) is 11.0 Å². The van der Waals surface area contributed by atoms with Crippen LogP contribution in [0.2, 0.25) is 0 Å². The van der Waals surface area contributed by atoms with E-state index in [1.807, 2.05) is 0 Å². The molecule has 5 nitrogen and oxygen atoms in total. The molecule has 0 unspecified atom stereocenters. The number of hydrogen-bond donors (Lipinski definition) is 1. The van der Waals surface area contributed by atoms with Crippen LogP contribution in [0, 0.1) is 6.92 Å². The molecule has 0 aromatic heterocycles. The standard InChI is InChI=1S/C12H14BrNO4S/c1-8-4-5-9(13)11(7-8)19(17,18)14-6-2-3-10(14)12(15)16/h4-5,7,10H,2-3,6H2,1H3,(H,15,16)/t10-/m1/s1. The summed E-state index contributed by atoms with van der Waals surface area (Å²) < 4.78 is 26.6. The largest absolute Gasteiger partial charge is 0.480 e. The van der Waals surface area contributed by atoms with E-state index in [4.69, 9.17) is 5.11 Å². The maximum atomic E-state index is 12.6. The first-order valence-corrected chi connectivity index (χ1v) is 8.08. The smallest absolute Gasteiger partial charge is 0.322 e. The van der Waals surface area contributed by atoms with Gasteiger partial charge in [-0.25, -0.2) is 8.42 Å². The summed E-state index contributed by atoms with van der Waals surface area (Å²) in [5, 5.41) is 9.10. The number of aliphatic carboxylic acids is 1. The molecule has 0 bridgehead atoms. The van der Waals surface area contributed by atoms with E-state index < -0.39 is 22.0 Å². The van der Waals surface area contributed by atoms with Crippen LogP contribution in [0.3, 0.4) is 0 Å². The van der Waals surface area contributed by atoms with Gasteiger partial charge in [0.1, 0.15) is 6.04 Å². The fourth-order valence-corrected chi connectivity index (χ4v) is 4.87. The average molecular weight is 348 g/mol. The third kappa shape index (κ3) is 2.68. The molecule has 1 N–H and O–H groups in total. The van der Waals surface area contributed by atoms with Gasteiger partial charge in [0.15, 0.2) is 0 Å². The number of carboxylic acids is 1. The van der Waals surface area contributed by atoms with Crippen LogP contribution in [-0.2, 0) is 14.8 Å². The van der Waals surface area contributed by atoms with Crippen LogP contribution >= 0.6 is 15.9 Å². The maximum Gasteiger partial charge on any atom is 0.322 e. The van der Waals surface area contributed by atoms with Gasteiger partial charge >= 0.3 is 5.97 Å². The summed E-state index contributed by atoms with van der Waals surface area (Å²) >= 11 is 3.22. The van der Waals surface area contributed by atoms with Crippen molar-refractivity contribution in [1.29, 1.82) is 0 Å². The summed E-state index contributed by atoms with van der Waals surface area (Å²) in [7, 11) is -3.78. The highest BCUT2D eigenvalue weighted by molar-refractivity contribution is 9.10. The maximum absolute atomic E-state index is 12.6. The quantitative estimate of drug-likeness (QED) is 0.907. The Morgan fingerprint density at radius 3 is 2.79 bits per heavy atom. The predicted molar refractivity (Wildman–Crippen MR) is 73.4 cm³/mol. The lowest BCUT2D eigenvalue weighted by Crippen LogP contribution is -2.40. The van der Waals surface area contributed by atoms with Crippen molar-refractivity contribution in [3.8, 4) is 0 Å². The second-order valence-electron chi connectivity index (χ2n) is 4.55. The Labute approximate surface area is 120 Å². The van der Waals surface area contributed by atoms with Crippen molar-refractivity contribution in [3.05, 3.63) is 28.2 Å². The number of aryl methyl sites for hydroxylation is 1. The molecule has 1 aromatic carbocycles. The van der Waals surface area contributed by atoms with Crippen LogP contribution in [0.4, 0.5) is 0 Å². The Bertz CT molecular complexity index is 614. The second-order valence-corrected chi connectivity index (χ2v) is 7.26. The molecule has 1 saturated heterocycles. The molecule has 1 aromatic rings. The van der Waals surface area contributed by atoms with E-state index in [1.165, 1.54) is 0 Å². The molecule has 0 radical (unpaired) electrons. The molecule has 0 aliphatic carbocycles. The number of sulfonamides is 1. The van der Waals surface area contributed by atoms with E-state index in [9.17, 15) is 13.2 Å². The van der Waals surface area contributed by atoms with Crippen molar-refractivity contribution < 1.29 is 18.3 Å². The van der Waals surface area contributed by atoms with E-state index in [1.54, 1.807) is 25.1 Å². The van der Waals surface area contributed by atoms with Gasteiger partial charge in [0.05, 0.1) is 4.90 Å². The lowest BCUT2D eigenvalue weighted by atomic mass is 10.2. The topological polar surface area (TPSA) is 74.7 Å². The minimum Gasteiger partial charge on any atom is -0.480 e. The van der Waals surface area contributed by atoms with E-state index in [-0.39, 0.29) is 11.4 Å². The lowest BCUT2D eigenvalue weighted by molar-refractivity contribution is -0.140. The number of benzene rings is 1. The molecule has 1 atom stereocenters.